The van der Waals surface area contributed by atoms with Crippen molar-refractivity contribution in [1.29, 1.82) is 0 Å². The number of nitrogens with two attached hydrogens (primary N) is 2. The van der Waals surface area contributed by atoms with Gasteiger partial charge in [0.1, 0.15) is 0 Å². The van der Waals surface area contributed by atoms with Gasteiger partial charge in [0, 0.05) is 0 Å². The number of nitrogens with zero attached hydrogens (tertiary/aromatic N) is 1. The average Bonchev–Trinajstić information content (AvgIpc) is 2.04. The molecule has 0 aliphatic carbocycles. The largest absolute Gasteiger partial charge is 0.487 e. The fourth-order valence-corrected chi connectivity index (χ4v) is 0. The molecule has 86 valence electrons. The van der Waals surface area contributed by atoms with Crippen LogP contribution in [0, 0.1) is 0 Å². The molecule has 0 aliphatic rings. The normalized spacial score (nSPS) is 7.50. The molecule has 7 heteroatoms. The Bertz CT molecular complexity index is 150. The standard InChI is InChI=1S/C4H11N.C2H5NOS.CH3NOS/c1-4-5(2)3;1-4-2(3)5;2-1(3)4/h4H2,1-3H3;1H3,(H2,3,5);(H3,2,3,4). The summed E-state index contributed by atoms with van der Waals surface area (Å²) in [5, 5.41) is 7.15. The number of thiocarbonyl (C=S) groups is 2. The van der Waals surface area contributed by atoms with E-state index in [0.717, 1.165) is 6.54 Å². The van der Waals surface area contributed by atoms with Crippen LogP contribution in [0.25, 0.3) is 0 Å². The fraction of sp³-hybridized carbons (Fsp3) is 0.714. The van der Waals surface area contributed by atoms with Gasteiger partial charge in [-0.2, -0.15) is 0 Å². The predicted molar refractivity (Wildman–Crippen MR) is 67.4 cm³/mol. The van der Waals surface area contributed by atoms with Crippen LogP contribution in [0.3, 0.4) is 0 Å². The van der Waals surface area contributed by atoms with Gasteiger partial charge >= 0.3 is 0 Å². The summed E-state index contributed by atoms with van der Waals surface area (Å²) in [7, 11) is 5.54. The second-order valence-electron chi connectivity index (χ2n) is 2.26. The van der Waals surface area contributed by atoms with Gasteiger partial charge in [-0.3, -0.25) is 0 Å². The van der Waals surface area contributed by atoms with E-state index in [1.54, 1.807) is 0 Å². The molecule has 14 heavy (non-hydrogen) atoms. The van der Waals surface area contributed by atoms with E-state index in [2.05, 4.69) is 60.8 Å². The summed E-state index contributed by atoms with van der Waals surface area (Å²) in [6.45, 7) is 3.26. The van der Waals surface area contributed by atoms with Gasteiger partial charge in [0.2, 0.25) is 0 Å². The third-order valence-corrected chi connectivity index (χ3v) is 1.00. The summed E-state index contributed by atoms with van der Waals surface area (Å²) in [4.78, 5) is 2.12. The Morgan fingerprint density at radius 2 is 1.50 bits per heavy atom. The highest BCUT2D eigenvalue weighted by Gasteiger charge is 1.72. The van der Waals surface area contributed by atoms with Crippen LogP contribution in [-0.2, 0) is 4.74 Å². The molecule has 0 amide bonds. The smallest absolute Gasteiger partial charge is 0.253 e. The Kier molecular flexibility index (Phi) is 20.1. The lowest BCUT2D eigenvalue weighted by molar-refractivity contribution is 0.408. The second kappa shape index (κ2) is 14.8. The Labute approximate surface area is 96.0 Å². The van der Waals surface area contributed by atoms with Crippen molar-refractivity contribution in [2.75, 3.05) is 27.7 Å². The molecular weight excluding hydrogens is 222 g/mol. The molecule has 0 saturated carbocycles. The summed E-state index contributed by atoms with van der Waals surface area (Å²) in [6, 6.07) is 0. The van der Waals surface area contributed by atoms with Gasteiger partial charge < -0.3 is 26.2 Å². The molecule has 0 atom stereocenters. The lowest BCUT2D eigenvalue weighted by Crippen LogP contribution is -2.08. The molecule has 0 aromatic rings. The summed E-state index contributed by atoms with van der Waals surface area (Å²) in [5.74, 6) is 0. The second-order valence-corrected chi connectivity index (χ2v) is 3.08. The minimum absolute atomic E-state index is 0.0880. The van der Waals surface area contributed by atoms with E-state index in [9.17, 15) is 0 Å². The van der Waals surface area contributed by atoms with Crippen LogP contribution in [0.2, 0.25) is 0 Å². The molecule has 0 aliphatic heterocycles. The zero-order valence-electron chi connectivity index (χ0n) is 8.98. The third-order valence-electron chi connectivity index (χ3n) is 0.834. The number of rotatable bonds is 1. The van der Waals surface area contributed by atoms with E-state index < -0.39 is 5.17 Å². The van der Waals surface area contributed by atoms with Gasteiger partial charge in [-0.15, -0.1) is 0 Å². The first-order chi connectivity index (χ1) is 6.27. The highest BCUT2D eigenvalue weighted by Crippen LogP contribution is 1.63. The van der Waals surface area contributed by atoms with Gasteiger partial charge in [-0.25, -0.2) is 0 Å². The monoisotopic (exact) mass is 241 g/mol. The molecule has 0 aromatic heterocycles. The van der Waals surface area contributed by atoms with Crippen molar-refractivity contribution in [3.63, 3.8) is 0 Å². The highest BCUT2D eigenvalue weighted by molar-refractivity contribution is 7.80. The predicted octanol–water partition coefficient (Wildman–Crippen LogP) is 0.232. The van der Waals surface area contributed by atoms with E-state index >= 15 is 0 Å². The van der Waals surface area contributed by atoms with Crippen molar-refractivity contribution in [3.05, 3.63) is 0 Å². The number of aliphatic hydroxyl groups excluding tert-OH is 1. The first kappa shape index (κ1) is 19.0. The molecule has 0 aromatic carbocycles. The van der Waals surface area contributed by atoms with Crippen LogP contribution in [0.4, 0.5) is 0 Å². The van der Waals surface area contributed by atoms with Crippen molar-refractivity contribution < 1.29 is 9.84 Å². The van der Waals surface area contributed by atoms with Crippen molar-refractivity contribution in [1.82, 2.24) is 4.90 Å². The first-order valence-electron chi connectivity index (χ1n) is 3.74. The minimum atomic E-state index is -0.500. The lowest BCUT2D eigenvalue weighted by atomic mass is 10.7. The molecule has 0 spiro atoms. The van der Waals surface area contributed by atoms with Crippen molar-refractivity contribution in [2.45, 2.75) is 6.92 Å². The van der Waals surface area contributed by atoms with E-state index in [0.29, 0.717) is 0 Å². The van der Waals surface area contributed by atoms with Crippen LogP contribution >= 0.6 is 24.4 Å². The summed E-state index contributed by atoms with van der Waals surface area (Å²) in [5.41, 5.74) is 9.20. The summed E-state index contributed by atoms with van der Waals surface area (Å²) >= 11 is 8.12. The molecule has 5 N–H and O–H groups in total. The van der Waals surface area contributed by atoms with Gasteiger partial charge in [0.25, 0.3) is 10.3 Å². The molecule has 0 bridgehead atoms. The Morgan fingerprint density at radius 3 is 1.50 bits per heavy atom. The van der Waals surface area contributed by atoms with E-state index in [-0.39, 0.29) is 5.17 Å². The highest BCUT2D eigenvalue weighted by atomic mass is 32.1. The van der Waals surface area contributed by atoms with E-state index in [4.69, 9.17) is 10.8 Å². The number of aliphatic hydroxyl groups is 1. The Balaban J connectivity index is -0.000000131. The zero-order chi connectivity index (χ0) is 12.1. The Hall–Kier alpha value is -0.660. The summed E-state index contributed by atoms with van der Waals surface area (Å²) < 4.78 is 4.26. The SMILES string of the molecule is CCN(C)C.COC(N)=S.NC(O)=S. The topological polar surface area (TPSA) is 84.7 Å². The van der Waals surface area contributed by atoms with Crippen molar-refractivity contribution >= 4 is 34.8 Å². The number of methoxy groups -OCH3 is 1. The van der Waals surface area contributed by atoms with Crippen LogP contribution in [0.5, 0.6) is 0 Å². The zero-order valence-corrected chi connectivity index (χ0v) is 10.6. The van der Waals surface area contributed by atoms with Crippen LogP contribution in [-0.4, -0.2) is 48.1 Å². The van der Waals surface area contributed by atoms with E-state index in [1.807, 2.05) is 0 Å². The van der Waals surface area contributed by atoms with Crippen LogP contribution in [0.15, 0.2) is 0 Å². The fourth-order valence-electron chi connectivity index (χ4n) is 0. The molecule has 0 fully saturated rings. The number of ether oxygens (including phenoxy) is 1. The molecular formula is C7H19N3O2S2. The van der Waals surface area contributed by atoms with Gasteiger partial charge in [0.05, 0.1) is 7.11 Å². The minimum Gasteiger partial charge on any atom is -0.487 e. The maximum absolute atomic E-state index is 7.56. The molecule has 0 heterocycles. The molecule has 0 rings (SSSR count). The van der Waals surface area contributed by atoms with Gasteiger partial charge in [0.15, 0.2) is 0 Å². The number of hydrogen-bond donors (Lipinski definition) is 3. The first-order valence-corrected chi connectivity index (χ1v) is 4.56. The lowest BCUT2D eigenvalue weighted by Gasteiger charge is -2.00. The number of hydrogen-bond acceptors (Lipinski definition) is 4. The average molecular weight is 241 g/mol. The van der Waals surface area contributed by atoms with Gasteiger partial charge in [-0.05, 0) is 45.1 Å². The quantitative estimate of drug-likeness (QED) is 0.567. The van der Waals surface area contributed by atoms with Crippen molar-refractivity contribution in [2.24, 2.45) is 11.5 Å². The molecule has 0 radical (unpaired) electrons. The third kappa shape index (κ3) is 109. The maximum Gasteiger partial charge on any atom is 0.253 e. The Morgan fingerprint density at radius 1 is 1.36 bits per heavy atom. The van der Waals surface area contributed by atoms with Gasteiger partial charge in [-0.1, -0.05) is 6.92 Å². The van der Waals surface area contributed by atoms with Crippen LogP contribution in [0.1, 0.15) is 6.92 Å². The van der Waals surface area contributed by atoms with Crippen molar-refractivity contribution in [3.8, 4) is 0 Å². The molecule has 0 saturated heterocycles. The molecule has 0 unspecified atom stereocenters. The van der Waals surface area contributed by atoms with Crippen LogP contribution < -0.4 is 11.5 Å². The maximum atomic E-state index is 7.56. The van der Waals surface area contributed by atoms with E-state index in [1.165, 1.54) is 7.11 Å². The molecule has 5 nitrogen and oxygen atoms in total. The summed E-state index contributed by atoms with van der Waals surface area (Å²) in [6.07, 6.45) is 0.